The van der Waals surface area contributed by atoms with Gasteiger partial charge < -0.3 is 14.7 Å². The predicted molar refractivity (Wildman–Crippen MR) is 15.1 cm³/mol. The van der Waals surface area contributed by atoms with Crippen LogP contribution in [0.4, 0.5) is 0 Å². The molecule has 0 atom stereocenters. The van der Waals surface area contributed by atoms with Gasteiger partial charge in [-0.05, 0) is 0 Å². The Hall–Kier alpha value is 0.244. The first kappa shape index (κ1) is 16.3. The Bertz CT molecular complexity index is 22.8. The second kappa shape index (κ2) is 61.0. The molecular weight excluding hydrogens is 161 g/mol. The first-order valence-electron chi connectivity index (χ1n) is 0.663. The molecule has 0 heterocycles. The van der Waals surface area contributed by atoms with E-state index in [1.165, 1.54) is 0 Å². The summed E-state index contributed by atoms with van der Waals surface area (Å²) in [6, 6.07) is 0. The largest absolute Gasteiger partial charge is 0.665 e. The molecule has 0 spiro atoms. The second-order valence-corrected chi connectivity index (χ2v) is 0.0913. The van der Waals surface area contributed by atoms with E-state index >= 15 is 0 Å². The molecule has 0 saturated heterocycles. The fourth-order valence-corrected chi connectivity index (χ4v) is 0. The molecule has 33 valence electrons. The molecule has 0 unspecified atom stereocenters. The molecule has 1 radical (unpaired) electrons. The van der Waals surface area contributed by atoms with Crippen LogP contribution in [0, 0.1) is 0 Å². The molecule has 4 heteroatoms. The third kappa shape index (κ3) is 751. The van der Waals surface area contributed by atoms with Crippen LogP contribution in [-0.2, 0) is 42.3 Å². The molecule has 0 aliphatic heterocycles. The van der Waals surface area contributed by atoms with Gasteiger partial charge in [-0.25, -0.2) is 0 Å². The van der Waals surface area contributed by atoms with Crippen LogP contribution in [0.2, 0.25) is 0 Å². The van der Waals surface area contributed by atoms with Crippen LogP contribution in [0.3, 0.4) is 0 Å². The van der Waals surface area contributed by atoms with Crippen molar-refractivity contribution in [1.29, 1.82) is 0 Å². The zero-order valence-electron chi connectivity index (χ0n) is 2.92. The van der Waals surface area contributed by atoms with Gasteiger partial charge in [0.25, 0.3) is 0 Å². The van der Waals surface area contributed by atoms with E-state index in [-0.39, 0.29) is 32.7 Å². The minimum absolute atomic E-state index is 0. The minimum atomic E-state index is 0. The number of rotatable bonds is 0. The van der Waals surface area contributed by atoms with Gasteiger partial charge in [-0.2, -0.15) is 0 Å². The standard InChI is InChI=1S/CHO2.CHO.Y/c2-1-3;1-2;/h(H,2,3);1H;/q2*-1;. The smallest absolute Gasteiger partial charge is 0 e. The van der Waals surface area contributed by atoms with Crippen molar-refractivity contribution in [3.05, 3.63) is 0 Å². The van der Waals surface area contributed by atoms with Crippen molar-refractivity contribution in [2.75, 3.05) is 0 Å². The van der Waals surface area contributed by atoms with Crippen LogP contribution in [0.25, 0.3) is 0 Å². The van der Waals surface area contributed by atoms with Crippen molar-refractivity contribution in [2.45, 2.75) is 0 Å². The summed E-state index contributed by atoms with van der Waals surface area (Å²) in [5.74, 6) is 0. The quantitative estimate of drug-likeness (QED) is 0.380. The van der Waals surface area contributed by atoms with Gasteiger partial charge in [-0.3, -0.25) is 6.79 Å². The molecule has 0 aliphatic rings. The molecule has 0 rings (SSSR count). The van der Waals surface area contributed by atoms with Crippen LogP contribution in [-0.4, -0.2) is 18.4 Å². The molecule has 1 N–H and O–H groups in total. The zero-order valence-corrected chi connectivity index (χ0v) is 5.76. The van der Waals surface area contributed by atoms with E-state index in [1.54, 1.807) is 0 Å². The molecule has 6 heavy (non-hydrogen) atoms. The fourth-order valence-electron chi connectivity index (χ4n) is 0. The van der Waals surface area contributed by atoms with Crippen LogP contribution < -0.4 is 0 Å². The summed E-state index contributed by atoms with van der Waals surface area (Å²) < 4.78 is 0. The topological polar surface area (TPSA) is 54.4 Å². The van der Waals surface area contributed by atoms with Crippen molar-refractivity contribution in [2.24, 2.45) is 0 Å². The number of hydrogen-bond acceptors (Lipinski definition) is 2. The first-order chi connectivity index (χ1) is 2.41. The van der Waals surface area contributed by atoms with E-state index in [1.807, 2.05) is 0 Å². The summed E-state index contributed by atoms with van der Waals surface area (Å²) in [5.41, 5.74) is 0. The van der Waals surface area contributed by atoms with Gasteiger partial charge in [0.15, 0.2) is 0 Å². The Morgan fingerprint density at radius 1 is 1.50 bits per heavy atom. The molecular formula is C2H2O3Y-2. The molecule has 0 amide bonds. The Morgan fingerprint density at radius 2 is 1.50 bits per heavy atom. The van der Waals surface area contributed by atoms with Gasteiger partial charge in [0.05, 0.1) is 0 Å². The van der Waals surface area contributed by atoms with Gasteiger partial charge in [-0.1, -0.05) is 6.47 Å². The van der Waals surface area contributed by atoms with Crippen molar-refractivity contribution in [3.63, 3.8) is 0 Å². The monoisotopic (exact) mass is 163 g/mol. The van der Waals surface area contributed by atoms with E-state index in [4.69, 9.17) is 14.7 Å². The fraction of sp³-hybridized carbons (Fsp3) is 0. The normalized spacial score (nSPS) is 2.67. The molecule has 0 saturated carbocycles. The van der Waals surface area contributed by atoms with Gasteiger partial charge >= 0.3 is 0 Å². The third-order valence-corrected chi connectivity index (χ3v) is 0. The average molecular weight is 163 g/mol. The number of aliphatic hydroxyl groups excluding tert-OH is 1. The molecule has 0 aromatic carbocycles. The maximum atomic E-state index is 8.24. The third-order valence-electron chi connectivity index (χ3n) is 0. The Morgan fingerprint density at radius 3 is 1.50 bits per heavy atom. The van der Waals surface area contributed by atoms with Gasteiger partial charge in [0.1, 0.15) is 0 Å². The SMILES string of the molecule is O=[C-]O.[CH-]=O.[Y]. The van der Waals surface area contributed by atoms with Crippen molar-refractivity contribution >= 4 is 13.3 Å². The van der Waals surface area contributed by atoms with E-state index in [0.29, 0.717) is 6.47 Å². The number of hydrogen-bond donors (Lipinski definition) is 1. The van der Waals surface area contributed by atoms with E-state index < -0.39 is 0 Å². The molecule has 0 aromatic heterocycles. The second-order valence-electron chi connectivity index (χ2n) is 0.0913. The minimum Gasteiger partial charge on any atom is -0.665 e. The first-order valence-corrected chi connectivity index (χ1v) is 0.663. The van der Waals surface area contributed by atoms with Crippen LogP contribution in [0.5, 0.6) is 0 Å². The average Bonchev–Trinajstić information content (AvgIpc) is 1.46. The van der Waals surface area contributed by atoms with E-state index in [9.17, 15) is 0 Å². The van der Waals surface area contributed by atoms with E-state index in [2.05, 4.69) is 6.79 Å². The van der Waals surface area contributed by atoms with Gasteiger partial charge in [0, 0.05) is 32.7 Å². The molecule has 0 fully saturated rings. The molecule has 3 nitrogen and oxygen atoms in total. The summed E-state index contributed by atoms with van der Waals surface area (Å²) in [7, 11) is 0. The van der Waals surface area contributed by atoms with Crippen LogP contribution >= 0.6 is 0 Å². The summed E-state index contributed by atoms with van der Waals surface area (Å²) in [4.78, 5) is 16.0. The van der Waals surface area contributed by atoms with Crippen LogP contribution in [0.15, 0.2) is 0 Å². The maximum Gasteiger partial charge on any atom is 0 e. The molecule has 0 aliphatic carbocycles. The van der Waals surface area contributed by atoms with Crippen LogP contribution in [0.1, 0.15) is 0 Å². The van der Waals surface area contributed by atoms with Crippen molar-refractivity contribution < 1.29 is 47.4 Å². The van der Waals surface area contributed by atoms with Gasteiger partial charge in [-0.15, -0.1) is 0 Å². The van der Waals surface area contributed by atoms with Crippen molar-refractivity contribution in [3.8, 4) is 0 Å². The number of carbonyl (C=O) groups excluding carboxylic acids is 1. The molecule has 0 aromatic rings. The summed E-state index contributed by atoms with van der Waals surface area (Å²) in [6.07, 6.45) is 0. The van der Waals surface area contributed by atoms with E-state index in [0.717, 1.165) is 0 Å². The van der Waals surface area contributed by atoms with Gasteiger partial charge in [0.2, 0.25) is 0 Å². The summed E-state index contributed by atoms with van der Waals surface area (Å²) >= 11 is 0. The Balaban J connectivity index is -0.0000000275. The zero-order chi connectivity index (χ0) is 4.71. The molecule has 0 bridgehead atoms. The Labute approximate surface area is 60.6 Å². The van der Waals surface area contributed by atoms with Crippen molar-refractivity contribution in [1.82, 2.24) is 0 Å². The summed E-state index contributed by atoms with van der Waals surface area (Å²) in [6.45, 7) is 3.75. The summed E-state index contributed by atoms with van der Waals surface area (Å²) in [5, 5.41) is 6.76. The Kier molecular flexibility index (Phi) is 166. The predicted octanol–water partition coefficient (Wildman–Crippen LogP) is -0.665. The maximum absolute atomic E-state index is 8.24.